The lowest BCUT2D eigenvalue weighted by molar-refractivity contribution is 0.0696. The highest BCUT2D eigenvalue weighted by atomic mass is 32.1. The number of thiazole rings is 1. The first-order chi connectivity index (χ1) is 38.2. The van der Waals surface area contributed by atoms with Gasteiger partial charge in [0.15, 0.2) is 16.4 Å². The third-order valence-corrected chi connectivity index (χ3v) is 13.6. The van der Waals surface area contributed by atoms with E-state index in [1.165, 1.54) is 59.9 Å². The SMILES string of the molecule is CCN(CC)CCCNc1nc(-c2ccc(C(=O)Nc3nccs3)cc2)c2ccc(=O)n(-c3c(F)cccc3F)c2n1.CCN(CC)CCCNc1nc(-c2ccc(C(=O)O)cc2)c2ccc(=O)n(-c3c(F)cccc3F)c2n1. The summed E-state index contributed by atoms with van der Waals surface area (Å²) >= 11 is 1.31. The van der Waals surface area contributed by atoms with Crippen LogP contribution in [0.4, 0.5) is 34.6 Å². The van der Waals surface area contributed by atoms with E-state index in [4.69, 9.17) is 4.98 Å². The molecule has 9 aromatic rings. The van der Waals surface area contributed by atoms with E-state index in [0.29, 0.717) is 57.1 Å². The fourth-order valence-corrected chi connectivity index (χ4v) is 9.28. The second-order valence-electron chi connectivity index (χ2n) is 17.8. The molecule has 22 heteroatoms. The van der Waals surface area contributed by atoms with Crippen molar-refractivity contribution < 1.29 is 32.3 Å². The van der Waals surface area contributed by atoms with E-state index in [1.54, 1.807) is 48.0 Å². The molecule has 4 N–H and O–H groups in total. The van der Waals surface area contributed by atoms with Crippen LogP contribution in [0.3, 0.4) is 0 Å². The number of carboxylic acid groups (broad SMARTS) is 1. The fourth-order valence-electron chi connectivity index (χ4n) is 8.76. The zero-order valence-corrected chi connectivity index (χ0v) is 44.5. The number of carboxylic acids is 1. The minimum Gasteiger partial charge on any atom is -0.478 e. The number of hydrogen-bond acceptors (Lipinski definition) is 14. The molecule has 0 unspecified atom stereocenters. The number of para-hydroxylation sites is 2. The van der Waals surface area contributed by atoms with Gasteiger partial charge in [-0.05, 0) is 113 Å². The van der Waals surface area contributed by atoms with E-state index >= 15 is 0 Å². The van der Waals surface area contributed by atoms with Gasteiger partial charge in [-0.2, -0.15) is 9.97 Å². The largest absolute Gasteiger partial charge is 0.478 e. The van der Waals surface area contributed by atoms with Crippen molar-refractivity contribution >= 4 is 62.3 Å². The van der Waals surface area contributed by atoms with Crippen LogP contribution in [0.25, 0.3) is 56.0 Å². The van der Waals surface area contributed by atoms with Crippen LogP contribution in [0.1, 0.15) is 61.3 Å². The van der Waals surface area contributed by atoms with Crippen molar-refractivity contribution in [3.05, 3.63) is 176 Å². The Morgan fingerprint density at radius 1 is 0.570 bits per heavy atom. The van der Waals surface area contributed by atoms with Crippen LogP contribution >= 0.6 is 11.3 Å². The highest BCUT2D eigenvalue weighted by molar-refractivity contribution is 7.13. The molecule has 0 radical (unpaired) electrons. The lowest BCUT2D eigenvalue weighted by Gasteiger charge is -2.18. The first kappa shape index (κ1) is 56.5. The summed E-state index contributed by atoms with van der Waals surface area (Å²) in [6.45, 7) is 14.9. The number of amides is 1. The number of benzene rings is 4. The number of fused-ring (bicyclic) bond motifs is 2. The molecule has 0 aliphatic rings. The predicted octanol–water partition coefficient (Wildman–Crippen LogP) is 10.1. The van der Waals surface area contributed by atoms with Crippen LogP contribution in [0.2, 0.25) is 0 Å². The standard InChI is InChI=1S/C30H29F2N7O2S.C27H27F2N5O3/c1-3-38(4-2)17-6-15-33-29-35-25(19-9-11-20(12-10-19)28(41)37-30-34-16-18-42-30)21-13-14-24(40)39(27(21)36-29)26-22(31)7-5-8-23(26)32;1-3-33(4-2)16-6-15-30-27-31-23(17-9-11-18(12-10-17)26(36)37)19-13-14-22(35)34(25(19)32-27)24-20(28)7-5-8-21(24)29/h5,7-14,16,18H,3-4,6,15,17H2,1-2H3,(H,33,35,36)(H,34,37,41);5,7-14H,3-4,6,15-16H2,1-2H3,(H,36,37)(H,30,31,32). The molecular formula is C57H56F4N12O5S. The Morgan fingerprint density at radius 2 is 0.987 bits per heavy atom. The molecule has 0 aliphatic heterocycles. The van der Waals surface area contributed by atoms with Crippen LogP contribution in [-0.4, -0.2) is 113 Å². The predicted molar refractivity (Wildman–Crippen MR) is 300 cm³/mol. The molecule has 0 aliphatic carbocycles. The zero-order valence-electron chi connectivity index (χ0n) is 43.6. The van der Waals surface area contributed by atoms with Crippen molar-refractivity contribution in [3.63, 3.8) is 0 Å². The van der Waals surface area contributed by atoms with Gasteiger partial charge in [-0.3, -0.25) is 28.8 Å². The summed E-state index contributed by atoms with van der Waals surface area (Å²) in [7, 11) is 0. The molecule has 1 amide bonds. The van der Waals surface area contributed by atoms with E-state index < -0.39 is 51.7 Å². The van der Waals surface area contributed by atoms with Gasteiger partial charge in [0.1, 0.15) is 34.6 Å². The van der Waals surface area contributed by atoms with Crippen LogP contribution in [0.15, 0.2) is 130 Å². The summed E-state index contributed by atoms with van der Waals surface area (Å²) in [5.74, 6) is -4.60. The number of nitrogens with zero attached hydrogens (tertiary/aromatic N) is 9. The molecule has 5 heterocycles. The van der Waals surface area contributed by atoms with Crippen LogP contribution in [-0.2, 0) is 0 Å². The fraction of sp³-hybridized carbons (Fsp3) is 0.246. The summed E-state index contributed by atoms with van der Waals surface area (Å²) in [5, 5.41) is 21.4. The number of halogens is 4. The summed E-state index contributed by atoms with van der Waals surface area (Å²) in [4.78, 5) is 76.9. The number of rotatable bonds is 21. The number of carbonyl (C=O) groups excluding carboxylic acids is 1. The average molecular weight is 1100 g/mol. The van der Waals surface area contributed by atoms with Gasteiger partial charge >= 0.3 is 5.97 Å². The Kier molecular flexibility index (Phi) is 18.6. The smallest absolute Gasteiger partial charge is 0.335 e. The first-order valence-electron chi connectivity index (χ1n) is 25.6. The van der Waals surface area contributed by atoms with Crippen molar-refractivity contribution in [1.29, 1.82) is 0 Å². The number of nitrogens with one attached hydrogen (secondary N) is 3. The van der Waals surface area contributed by atoms with Gasteiger partial charge < -0.3 is 25.5 Å². The maximum Gasteiger partial charge on any atom is 0.335 e. The highest BCUT2D eigenvalue weighted by Crippen LogP contribution is 2.32. The summed E-state index contributed by atoms with van der Waals surface area (Å²) < 4.78 is 61.2. The van der Waals surface area contributed by atoms with Crippen LogP contribution < -0.4 is 27.1 Å². The molecule has 0 saturated carbocycles. The molecule has 5 aromatic heterocycles. The van der Waals surface area contributed by atoms with E-state index in [0.717, 1.165) is 85.5 Å². The van der Waals surface area contributed by atoms with Gasteiger partial charge in [0, 0.05) is 64.3 Å². The monoisotopic (exact) mass is 1100 g/mol. The molecule has 79 heavy (non-hydrogen) atoms. The molecule has 4 aromatic carbocycles. The number of hydrogen-bond donors (Lipinski definition) is 4. The highest BCUT2D eigenvalue weighted by Gasteiger charge is 2.22. The van der Waals surface area contributed by atoms with Crippen molar-refractivity contribution in [3.8, 4) is 33.9 Å². The summed E-state index contributed by atoms with van der Waals surface area (Å²) in [6, 6.07) is 25.1. The Labute approximate surface area is 455 Å². The number of anilines is 3. The van der Waals surface area contributed by atoms with E-state index in [2.05, 4.69) is 73.4 Å². The Morgan fingerprint density at radius 3 is 1.37 bits per heavy atom. The maximum absolute atomic E-state index is 14.9. The Hall–Kier alpha value is -8.73. The molecule has 408 valence electrons. The molecular weight excluding hydrogens is 1040 g/mol. The van der Waals surface area contributed by atoms with Gasteiger partial charge in [-0.25, -0.2) is 37.3 Å². The Bertz CT molecular complexity index is 3690. The normalized spacial score (nSPS) is 11.3. The van der Waals surface area contributed by atoms with Crippen molar-refractivity contribution in [2.24, 2.45) is 0 Å². The topological polar surface area (TPSA) is 205 Å². The third kappa shape index (κ3) is 13.2. The molecule has 0 bridgehead atoms. The number of aromatic nitrogens is 7. The number of aromatic carboxylic acids is 1. The van der Waals surface area contributed by atoms with Gasteiger partial charge in [0.2, 0.25) is 11.9 Å². The molecule has 0 saturated heterocycles. The van der Waals surface area contributed by atoms with Crippen molar-refractivity contribution in [1.82, 2.24) is 43.9 Å². The number of carbonyl (C=O) groups is 2. The second kappa shape index (κ2) is 26.1. The quantitative estimate of drug-likeness (QED) is 0.0391. The van der Waals surface area contributed by atoms with Gasteiger partial charge in [-0.1, -0.05) is 64.1 Å². The van der Waals surface area contributed by atoms with Crippen molar-refractivity contribution in [2.45, 2.75) is 40.5 Å². The third-order valence-electron chi connectivity index (χ3n) is 13.0. The summed E-state index contributed by atoms with van der Waals surface area (Å²) in [5.41, 5.74) is 0.241. The minimum atomic E-state index is -1.07. The van der Waals surface area contributed by atoms with E-state index in [-0.39, 0.29) is 34.7 Å². The lowest BCUT2D eigenvalue weighted by Crippen LogP contribution is -2.25. The Balaban J connectivity index is 0.000000210. The lowest BCUT2D eigenvalue weighted by atomic mass is 10.1. The number of pyridine rings is 2. The van der Waals surface area contributed by atoms with Crippen LogP contribution in [0.5, 0.6) is 0 Å². The molecule has 17 nitrogen and oxygen atoms in total. The van der Waals surface area contributed by atoms with Gasteiger partial charge in [0.05, 0.1) is 17.0 Å². The molecule has 0 fully saturated rings. The molecule has 0 atom stereocenters. The van der Waals surface area contributed by atoms with E-state index in [9.17, 15) is 41.8 Å². The van der Waals surface area contributed by atoms with E-state index in [1.807, 2.05) is 0 Å². The van der Waals surface area contributed by atoms with Gasteiger partial charge in [0.25, 0.3) is 17.0 Å². The molecule has 9 rings (SSSR count). The molecule has 0 spiro atoms. The van der Waals surface area contributed by atoms with Gasteiger partial charge in [-0.15, -0.1) is 11.3 Å². The second-order valence-corrected chi connectivity index (χ2v) is 18.7. The average Bonchev–Trinajstić information content (AvgIpc) is 4.12. The minimum absolute atomic E-state index is 0.0232. The first-order valence-corrected chi connectivity index (χ1v) is 26.4. The maximum atomic E-state index is 14.9. The summed E-state index contributed by atoms with van der Waals surface area (Å²) in [6.07, 6.45) is 3.21. The zero-order chi connectivity index (χ0) is 56.2. The van der Waals surface area contributed by atoms with Crippen molar-refractivity contribution in [2.75, 3.05) is 68.3 Å². The van der Waals surface area contributed by atoms with Crippen LogP contribution in [0, 0.1) is 23.3 Å².